The van der Waals surface area contributed by atoms with E-state index in [0.29, 0.717) is 11.9 Å². The average molecular weight is 299 g/mol. The predicted octanol–water partition coefficient (Wildman–Crippen LogP) is 3.23. The van der Waals surface area contributed by atoms with Crippen molar-refractivity contribution in [3.05, 3.63) is 23.9 Å². The number of aromatic nitrogens is 2. The Morgan fingerprint density at radius 3 is 2.81 bits per heavy atom. The molecule has 0 aliphatic heterocycles. The largest absolute Gasteiger partial charge is 0.490 e. The summed E-state index contributed by atoms with van der Waals surface area (Å²) in [6.45, 7) is 0. The highest BCUT2D eigenvalue weighted by molar-refractivity contribution is 5.84. The highest BCUT2D eigenvalue weighted by Crippen LogP contribution is 2.41. The number of benzene rings is 1. The summed E-state index contributed by atoms with van der Waals surface area (Å²) in [6, 6.07) is 2.90. The van der Waals surface area contributed by atoms with Gasteiger partial charge in [-0.1, -0.05) is 0 Å². The van der Waals surface area contributed by atoms with Crippen LogP contribution in [0.15, 0.2) is 18.3 Å². The number of ether oxygens (including phenoxy) is 1. The van der Waals surface area contributed by atoms with Gasteiger partial charge in [-0.2, -0.15) is 18.3 Å². The lowest BCUT2D eigenvalue weighted by atomic mass is 9.93. The van der Waals surface area contributed by atoms with E-state index in [1.165, 1.54) is 12.3 Å². The van der Waals surface area contributed by atoms with E-state index in [1.807, 2.05) is 0 Å². The number of fused-ring (bicyclic) bond motifs is 1. The van der Waals surface area contributed by atoms with Crippen LogP contribution in [0.3, 0.4) is 0 Å². The Bertz CT molecular complexity index is 638. The predicted molar refractivity (Wildman–Crippen MR) is 72.0 cm³/mol. The lowest BCUT2D eigenvalue weighted by Crippen LogP contribution is -2.34. The molecule has 1 aromatic heterocycles. The standard InChI is InChI=1S/C14H16F3N3O/c15-14(16,17)13-10-7-19-20-11(10)4-5-12(13)21-9-3-1-2-8(18)6-9/h4-5,7-9H,1-3,6,18H2,(H,19,20)/t8-,9+/m0/s1. The number of halogens is 3. The van der Waals surface area contributed by atoms with Crippen LogP contribution in [0.5, 0.6) is 5.75 Å². The molecule has 1 aromatic carbocycles. The van der Waals surface area contributed by atoms with Crippen LogP contribution >= 0.6 is 0 Å². The molecule has 0 amide bonds. The maximum atomic E-state index is 13.3. The van der Waals surface area contributed by atoms with Crippen LogP contribution < -0.4 is 10.5 Å². The van der Waals surface area contributed by atoms with Gasteiger partial charge in [0.15, 0.2) is 0 Å². The van der Waals surface area contributed by atoms with Gasteiger partial charge < -0.3 is 10.5 Å². The van der Waals surface area contributed by atoms with E-state index in [2.05, 4.69) is 10.2 Å². The number of nitrogens with one attached hydrogen (secondary N) is 1. The van der Waals surface area contributed by atoms with Gasteiger partial charge in [0.05, 0.1) is 11.7 Å². The van der Waals surface area contributed by atoms with E-state index >= 15 is 0 Å². The molecule has 0 saturated heterocycles. The lowest BCUT2D eigenvalue weighted by molar-refractivity contribution is -0.138. The van der Waals surface area contributed by atoms with Gasteiger partial charge in [0, 0.05) is 11.4 Å². The second-order valence-corrected chi connectivity index (χ2v) is 5.43. The maximum Gasteiger partial charge on any atom is 0.420 e. The third-order valence-electron chi connectivity index (χ3n) is 3.83. The van der Waals surface area contributed by atoms with Crippen LogP contribution in [-0.2, 0) is 6.18 Å². The minimum atomic E-state index is -4.49. The van der Waals surface area contributed by atoms with Crippen LogP contribution in [0.4, 0.5) is 13.2 Å². The maximum absolute atomic E-state index is 13.3. The number of hydrogen-bond donors (Lipinski definition) is 2. The van der Waals surface area contributed by atoms with Crippen molar-refractivity contribution in [2.75, 3.05) is 0 Å². The Morgan fingerprint density at radius 2 is 2.10 bits per heavy atom. The summed E-state index contributed by atoms with van der Waals surface area (Å²) in [4.78, 5) is 0. The van der Waals surface area contributed by atoms with Crippen molar-refractivity contribution in [1.82, 2.24) is 10.2 Å². The summed E-state index contributed by atoms with van der Waals surface area (Å²) in [5.41, 5.74) is 5.43. The molecule has 1 fully saturated rings. The first-order valence-electron chi connectivity index (χ1n) is 6.90. The van der Waals surface area contributed by atoms with E-state index in [-0.39, 0.29) is 23.3 Å². The van der Waals surface area contributed by atoms with E-state index < -0.39 is 11.7 Å². The molecule has 1 aliphatic rings. The Hall–Kier alpha value is -1.76. The van der Waals surface area contributed by atoms with Gasteiger partial charge in [0.2, 0.25) is 0 Å². The number of H-pyrrole nitrogens is 1. The molecule has 2 aromatic rings. The molecule has 0 spiro atoms. The summed E-state index contributed by atoms with van der Waals surface area (Å²) in [7, 11) is 0. The molecular weight excluding hydrogens is 283 g/mol. The van der Waals surface area contributed by atoms with Crippen molar-refractivity contribution < 1.29 is 17.9 Å². The number of alkyl halides is 3. The second-order valence-electron chi connectivity index (χ2n) is 5.43. The number of nitrogens with two attached hydrogens (primary N) is 1. The third kappa shape index (κ3) is 2.83. The van der Waals surface area contributed by atoms with Gasteiger partial charge in [-0.15, -0.1) is 0 Å². The molecular formula is C14H16F3N3O. The van der Waals surface area contributed by atoms with E-state index in [1.54, 1.807) is 6.07 Å². The molecule has 3 rings (SSSR count). The normalized spacial score (nSPS) is 23.4. The van der Waals surface area contributed by atoms with Gasteiger partial charge in [0.25, 0.3) is 0 Å². The zero-order chi connectivity index (χ0) is 15.0. The summed E-state index contributed by atoms with van der Waals surface area (Å²) in [5, 5.41) is 6.25. The molecule has 1 saturated carbocycles. The Balaban J connectivity index is 1.97. The Morgan fingerprint density at radius 1 is 1.29 bits per heavy atom. The van der Waals surface area contributed by atoms with Crippen molar-refractivity contribution in [2.24, 2.45) is 5.73 Å². The van der Waals surface area contributed by atoms with E-state index in [0.717, 1.165) is 19.3 Å². The van der Waals surface area contributed by atoms with E-state index in [4.69, 9.17) is 10.5 Å². The topological polar surface area (TPSA) is 63.9 Å². The quantitative estimate of drug-likeness (QED) is 0.895. The summed E-state index contributed by atoms with van der Waals surface area (Å²) < 4.78 is 45.6. The van der Waals surface area contributed by atoms with Gasteiger partial charge in [0.1, 0.15) is 17.4 Å². The van der Waals surface area contributed by atoms with Gasteiger partial charge in [-0.05, 0) is 37.8 Å². The van der Waals surface area contributed by atoms with Crippen molar-refractivity contribution in [3.8, 4) is 5.75 Å². The zero-order valence-corrected chi connectivity index (χ0v) is 11.3. The van der Waals surface area contributed by atoms with Crippen molar-refractivity contribution >= 4 is 10.9 Å². The number of hydrogen-bond acceptors (Lipinski definition) is 3. The fourth-order valence-electron chi connectivity index (χ4n) is 2.86. The SMILES string of the molecule is N[C@H]1CCC[C@@H](Oc2ccc3[nH]ncc3c2C(F)(F)F)C1. The molecule has 7 heteroatoms. The molecule has 0 unspecified atom stereocenters. The third-order valence-corrected chi connectivity index (χ3v) is 3.83. The molecule has 4 nitrogen and oxygen atoms in total. The number of aromatic amines is 1. The van der Waals surface area contributed by atoms with Crippen molar-refractivity contribution in [2.45, 2.75) is 44.0 Å². The minimum absolute atomic E-state index is 0.00394. The smallest absolute Gasteiger partial charge is 0.420 e. The highest BCUT2D eigenvalue weighted by atomic mass is 19.4. The van der Waals surface area contributed by atoms with Gasteiger partial charge in [-0.3, -0.25) is 5.10 Å². The minimum Gasteiger partial charge on any atom is -0.490 e. The number of nitrogens with zero attached hydrogens (tertiary/aromatic N) is 1. The first-order valence-corrected chi connectivity index (χ1v) is 6.90. The molecule has 1 aliphatic carbocycles. The Kier molecular flexibility index (Phi) is 3.52. The molecule has 114 valence electrons. The Labute approximate surface area is 119 Å². The summed E-state index contributed by atoms with van der Waals surface area (Å²) >= 11 is 0. The zero-order valence-electron chi connectivity index (χ0n) is 11.3. The van der Waals surface area contributed by atoms with Crippen LogP contribution in [0.2, 0.25) is 0 Å². The number of rotatable bonds is 2. The molecule has 0 bridgehead atoms. The summed E-state index contributed by atoms with van der Waals surface area (Å²) in [6.07, 6.45) is -0.491. The van der Waals surface area contributed by atoms with Crippen LogP contribution in [0.1, 0.15) is 31.2 Å². The molecule has 21 heavy (non-hydrogen) atoms. The second kappa shape index (κ2) is 5.22. The van der Waals surface area contributed by atoms with Crippen LogP contribution in [0.25, 0.3) is 10.9 Å². The molecule has 0 radical (unpaired) electrons. The van der Waals surface area contributed by atoms with E-state index in [9.17, 15) is 13.2 Å². The molecule has 2 atom stereocenters. The monoisotopic (exact) mass is 299 g/mol. The fourth-order valence-corrected chi connectivity index (χ4v) is 2.86. The average Bonchev–Trinajstić information content (AvgIpc) is 2.85. The highest BCUT2D eigenvalue weighted by Gasteiger charge is 2.37. The fraction of sp³-hybridized carbons (Fsp3) is 0.500. The van der Waals surface area contributed by atoms with Crippen molar-refractivity contribution in [3.63, 3.8) is 0 Å². The summed E-state index contributed by atoms with van der Waals surface area (Å²) in [5.74, 6) is -0.143. The first kappa shape index (κ1) is 14.2. The first-order chi connectivity index (χ1) is 9.95. The lowest BCUT2D eigenvalue weighted by Gasteiger charge is -2.28. The van der Waals surface area contributed by atoms with Crippen LogP contribution in [0, 0.1) is 0 Å². The van der Waals surface area contributed by atoms with Crippen LogP contribution in [-0.4, -0.2) is 22.3 Å². The molecule has 3 N–H and O–H groups in total. The van der Waals surface area contributed by atoms with Crippen molar-refractivity contribution in [1.29, 1.82) is 0 Å². The van der Waals surface area contributed by atoms with Gasteiger partial charge in [-0.25, -0.2) is 0 Å². The molecule has 1 heterocycles. The van der Waals surface area contributed by atoms with Gasteiger partial charge >= 0.3 is 6.18 Å².